The van der Waals surface area contributed by atoms with Crippen LogP contribution in [0.3, 0.4) is 0 Å². The van der Waals surface area contributed by atoms with Gasteiger partial charge in [0.2, 0.25) is 5.91 Å². The minimum atomic E-state index is -0.00501. The van der Waals surface area contributed by atoms with E-state index in [1.165, 1.54) is 38.5 Å². The summed E-state index contributed by atoms with van der Waals surface area (Å²) in [6.45, 7) is 0.717. The average molecular weight is 320 g/mol. The monoisotopic (exact) mass is 320 g/mol. The van der Waals surface area contributed by atoms with Gasteiger partial charge in [0, 0.05) is 25.1 Å². The van der Waals surface area contributed by atoms with Gasteiger partial charge in [-0.15, -0.1) is 0 Å². The Balaban J connectivity index is 1.78. The van der Waals surface area contributed by atoms with E-state index in [4.69, 9.17) is 9.47 Å². The van der Waals surface area contributed by atoms with Gasteiger partial charge in [0.15, 0.2) is 0 Å². The molecular formula is C18H28N2O3. The largest absolute Gasteiger partial charge is 0.497 e. The molecule has 0 aliphatic heterocycles. The Hall–Kier alpha value is -1.75. The third-order valence-electron chi connectivity index (χ3n) is 4.32. The van der Waals surface area contributed by atoms with Gasteiger partial charge in [-0.3, -0.25) is 4.79 Å². The molecule has 128 valence electrons. The van der Waals surface area contributed by atoms with Crippen molar-refractivity contribution in [2.75, 3.05) is 26.1 Å². The fourth-order valence-electron chi connectivity index (χ4n) is 2.99. The van der Waals surface area contributed by atoms with Gasteiger partial charge in [-0.25, -0.2) is 0 Å². The smallest absolute Gasteiger partial charge is 0.225 e. The topological polar surface area (TPSA) is 59.6 Å². The standard InChI is InChI=1S/C18H28N2O3/c1-22-15-9-10-16(17(13-15)23-2)20-18(21)11-12-19-14-7-5-3-4-6-8-14/h9-10,13-14,19H,3-8,11-12H2,1-2H3,(H,20,21). The van der Waals surface area contributed by atoms with Gasteiger partial charge in [0.1, 0.15) is 11.5 Å². The van der Waals surface area contributed by atoms with Crippen molar-refractivity contribution in [1.82, 2.24) is 5.32 Å². The molecule has 0 unspecified atom stereocenters. The molecule has 0 radical (unpaired) electrons. The lowest BCUT2D eigenvalue weighted by Gasteiger charge is -2.16. The first-order valence-electron chi connectivity index (χ1n) is 8.48. The van der Waals surface area contributed by atoms with Crippen molar-refractivity contribution < 1.29 is 14.3 Å². The number of benzene rings is 1. The molecule has 1 aromatic carbocycles. The van der Waals surface area contributed by atoms with E-state index in [0.717, 1.165) is 6.54 Å². The van der Waals surface area contributed by atoms with E-state index >= 15 is 0 Å². The maximum absolute atomic E-state index is 12.1. The van der Waals surface area contributed by atoms with Crippen LogP contribution in [0.5, 0.6) is 11.5 Å². The van der Waals surface area contributed by atoms with Gasteiger partial charge < -0.3 is 20.1 Å². The lowest BCUT2D eigenvalue weighted by molar-refractivity contribution is -0.116. The summed E-state index contributed by atoms with van der Waals surface area (Å²) in [5.41, 5.74) is 0.674. The number of anilines is 1. The molecule has 1 saturated carbocycles. The molecule has 0 saturated heterocycles. The number of nitrogens with one attached hydrogen (secondary N) is 2. The van der Waals surface area contributed by atoms with Gasteiger partial charge in [-0.1, -0.05) is 25.7 Å². The summed E-state index contributed by atoms with van der Waals surface area (Å²) < 4.78 is 10.4. The van der Waals surface area contributed by atoms with E-state index < -0.39 is 0 Å². The van der Waals surface area contributed by atoms with Crippen molar-refractivity contribution in [3.8, 4) is 11.5 Å². The summed E-state index contributed by atoms with van der Waals surface area (Å²) >= 11 is 0. The zero-order chi connectivity index (χ0) is 16.5. The van der Waals surface area contributed by atoms with Gasteiger partial charge in [-0.05, 0) is 25.0 Å². The van der Waals surface area contributed by atoms with Gasteiger partial charge >= 0.3 is 0 Å². The third kappa shape index (κ3) is 5.75. The summed E-state index contributed by atoms with van der Waals surface area (Å²) in [6, 6.07) is 5.94. The SMILES string of the molecule is COc1ccc(NC(=O)CCNC2CCCCCC2)c(OC)c1. The fraction of sp³-hybridized carbons (Fsp3) is 0.611. The van der Waals surface area contributed by atoms with E-state index in [1.54, 1.807) is 26.4 Å². The summed E-state index contributed by atoms with van der Waals surface area (Å²) in [5, 5.41) is 6.42. The number of carbonyl (C=O) groups excluding carboxylic acids is 1. The molecule has 0 aromatic heterocycles. The zero-order valence-electron chi connectivity index (χ0n) is 14.2. The van der Waals surface area contributed by atoms with E-state index in [1.807, 2.05) is 6.07 Å². The number of hydrogen-bond acceptors (Lipinski definition) is 4. The molecule has 0 bridgehead atoms. The molecule has 1 aliphatic carbocycles. The van der Waals surface area contributed by atoms with Crippen LogP contribution in [-0.4, -0.2) is 32.7 Å². The lowest BCUT2D eigenvalue weighted by Crippen LogP contribution is -2.31. The Morgan fingerprint density at radius 2 is 1.87 bits per heavy atom. The van der Waals surface area contributed by atoms with Crippen LogP contribution < -0.4 is 20.1 Å². The van der Waals surface area contributed by atoms with Crippen LogP contribution in [0.2, 0.25) is 0 Å². The lowest BCUT2D eigenvalue weighted by atomic mass is 10.1. The van der Waals surface area contributed by atoms with Crippen molar-refractivity contribution >= 4 is 11.6 Å². The second-order valence-electron chi connectivity index (χ2n) is 6.01. The van der Waals surface area contributed by atoms with Crippen LogP contribution in [0.15, 0.2) is 18.2 Å². The molecule has 1 aliphatic rings. The minimum Gasteiger partial charge on any atom is -0.497 e. The summed E-state index contributed by atoms with van der Waals surface area (Å²) in [6.07, 6.45) is 8.21. The van der Waals surface area contributed by atoms with Crippen LogP contribution in [0, 0.1) is 0 Å². The molecule has 5 heteroatoms. The van der Waals surface area contributed by atoms with Crippen molar-refractivity contribution in [1.29, 1.82) is 0 Å². The van der Waals surface area contributed by atoms with Crippen LogP contribution in [0.4, 0.5) is 5.69 Å². The molecule has 23 heavy (non-hydrogen) atoms. The molecule has 2 N–H and O–H groups in total. The summed E-state index contributed by atoms with van der Waals surface area (Å²) in [5.74, 6) is 1.30. The summed E-state index contributed by atoms with van der Waals surface area (Å²) in [4.78, 5) is 12.1. The Labute approximate surface area is 138 Å². The molecule has 1 amide bonds. The first-order valence-corrected chi connectivity index (χ1v) is 8.48. The quantitative estimate of drug-likeness (QED) is 0.757. The van der Waals surface area contributed by atoms with E-state index in [-0.39, 0.29) is 5.91 Å². The number of ether oxygens (including phenoxy) is 2. The average Bonchev–Trinajstić information content (AvgIpc) is 2.84. The molecular weight excluding hydrogens is 292 g/mol. The molecule has 0 spiro atoms. The second-order valence-corrected chi connectivity index (χ2v) is 6.01. The van der Waals surface area contributed by atoms with Crippen LogP contribution in [0.25, 0.3) is 0 Å². The molecule has 1 fully saturated rings. The number of rotatable bonds is 7. The normalized spacial score (nSPS) is 15.7. The first kappa shape index (κ1) is 17.6. The highest BCUT2D eigenvalue weighted by atomic mass is 16.5. The van der Waals surface area contributed by atoms with Crippen molar-refractivity contribution in [3.05, 3.63) is 18.2 Å². The second kappa shape index (κ2) is 9.40. The number of methoxy groups -OCH3 is 2. The van der Waals surface area contributed by atoms with Crippen LogP contribution in [-0.2, 0) is 4.79 Å². The van der Waals surface area contributed by atoms with Crippen molar-refractivity contribution in [2.24, 2.45) is 0 Å². The Kier molecular flexibility index (Phi) is 7.20. The number of carbonyl (C=O) groups is 1. The first-order chi connectivity index (χ1) is 11.2. The molecule has 5 nitrogen and oxygen atoms in total. The van der Waals surface area contributed by atoms with Gasteiger partial charge in [0.05, 0.1) is 19.9 Å². The Morgan fingerprint density at radius 3 is 2.52 bits per heavy atom. The zero-order valence-corrected chi connectivity index (χ0v) is 14.2. The van der Waals surface area contributed by atoms with E-state index in [0.29, 0.717) is 29.6 Å². The highest BCUT2D eigenvalue weighted by Crippen LogP contribution is 2.29. The van der Waals surface area contributed by atoms with Gasteiger partial charge in [0.25, 0.3) is 0 Å². The van der Waals surface area contributed by atoms with E-state index in [9.17, 15) is 4.79 Å². The highest BCUT2D eigenvalue weighted by Gasteiger charge is 2.13. The van der Waals surface area contributed by atoms with Crippen LogP contribution >= 0.6 is 0 Å². The van der Waals surface area contributed by atoms with E-state index in [2.05, 4.69) is 10.6 Å². The van der Waals surface area contributed by atoms with Crippen molar-refractivity contribution in [2.45, 2.75) is 51.0 Å². The number of hydrogen-bond donors (Lipinski definition) is 2. The van der Waals surface area contributed by atoms with Gasteiger partial charge in [-0.2, -0.15) is 0 Å². The molecule has 0 atom stereocenters. The molecule has 2 rings (SSSR count). The third-order valence-corrected chi connectivity index (χ3v) is 4.32. The minimum absolute atomic E-state index is 0.00501. The predicted octanol–water partition coefficient (Wildman–Crippen LogP) is 3.34. The maximum atomic E-state index is 12.1. The Bertz CT molecular complexity index is 497. The van der Waals surface area contributed by atoms with Crippen LogP contribution in [0.1, 0.15) is 44.9 Å². The Morgan fingerprint density at radius 1 is 1.13 bits per heavy atom. The highest BCUT2D eigenvalue weighted by molar-refractivity contribution is 5.92. The summed E-state index contributed by atoms with van der Waals surface area (Å²) in [7, 11) is 3.18. The molecule has 0 heterocycles. The van der Waals surface area contributed by atoms with Crippen molar-refractivity contribution in [3.63, 3.8) is 0 Å². The fourth-order valence-corrected chi connectivity index (χ4v) is 2.99. The molecule has 1 aromatic rings. The number of amides is 1. The maximum Gasteiger partial charge on any atom is 0.225 e. The predicted molar refractivity (Wildman–Crippen MR) is 92.3 cm³/mol.